The van der Waals surface area contributed by atoms with E-state index in [1.165, 1.54) is 10.8 Å². The highest BCUT2D eigenvalue weighted by molar-refractivity contribution is 6.84. The van der Waals surface area contributed by atoms with Crippen molar-refractivity contribution in [3.8, 4) is 0 Å². The van der Waals surface area contributed by atoms with Gasteiger partial charge in [-0.1, -0.05) is 60.7 Å². The Morgan fingerprint density at radius 3 is 2.14 bits per heavy atom. The Kier molecular flexibility index (Phi) is 5.84. The first-order valence-electron chi connectivity index (χ1n) is 7.73. The maximum Gasteiger partial charge on any atom is 0.280 e. The van der Waals surface area contributed by atoms with Gasteiger partial charge in [-0.15, -0.1) is 0 Å². The van der Waals surface area contributed by atoms with Crippen LogP contribution in [-0.2, 0) is 15.6 Å². The van der Waals surface area contributed by atoms with Crippen LogP contribution >= 0.6 is 0 Å². The molecule has 0 spiro atoms. The molecule has 0 bridgehead atoms. The van der Waals surface area contributed by atoms with E-state index >= 15 is 0 Å². The van der Waals surface area contributed by atoms with E-state index in [1.807, 2.05) is 37.3 Å². The molecule has 0 fully saturated rings. The van der Waals surface area contributed by atoms with Gasteiger partial charge in [0.05, 0.1) is 6.61 Å². The Hall–Kier alpha value is -2.00. The minimum absolute atomic E-state index is 0.611. The van der Waals surface area contributed by atoms with Crippen LogP contribution in [0.4, 0.5) is 0 Å². The molecule has 0 N–H and O–H groups in total. The molecule has 0 aliphatic heterocycles. The third-order valence-corrected chi connectivity index (χ3v) is 5.89. The van der Waals surface area contributed by atoms with Crippen molar-refractivity contribution in [2.24, 2.45) is 0 Å². The Balaban J connectivity index is 2.11. The van der Waals surface area contributed by atoms with Gasteiger partial charge in [-0.05, 0) is 43.3 Å². The molecule has 0 unspecified atom stereocenters. The van der Waals surface area contributed by atoms with Crippen molar-refractivity contribution in [1.29, 1.82) is 0 Å². The third-order valence-electron chi connectivity index (χ3n) is 3.46. The Morgan fingerprint density at radius 2 is 1.55 bits per heavy atom. The van der Waals surface area contributed by atoms with Gasteiger partial charge in [0.1, 0.15) is 0 Å². The quantitative estimate of drug-likeness (QED) is 0.562. The summed E-state index contributed by atoms with van der Waals surface area (Å²) in [5.74, 6) is 0.645. The van der Waals surface area contributed by atoms with Crippen LogP contribution in [0.1, 0.15) is 12.5 Å². The lowest BCUT2D eigenvalue weighted by atomic mass is 10.1. The Labute approximate surface area is 134 Å². The predicted molar refractivity (Wildman–Crippen MR) is 94.5 cm³/mol. The average Bonchev–Trinajstić information content (AvgIpc) is 2.54. The molecule has 0 atom stereocenters. The summed E-state index contributed by atoms with van der Waals surface area (Å²) in [5, 5.41) is 1.26. The van der Waals surface area contributed by atoms with Gasteiger partial charge in [-0.25, -0.2) is 0 Å². The molecule has 3 heteroatoms. The molecule has 0 radical (unpaired) electrons. The van der Waals surface area contributed by atoms with E-state index in [9.17, 15) is 0 Å². The first-order valence-corrected chi connectivity index (χ1v) is 10.6. The molecule has 116 valence electrons. The van der Waals surface area contributed by atoms with Gasteiger partial charge in [0, 0.05) is 0 Å². The number of ether oxygens (including phenoxy) is 1. The maximum atomic E-state index is 6.26. The van der Waals surface area contributed by atoms with Crippen LogP contribution in [0.15, 0.2) is 72.7 Å². The predicted octanol–water partition coefficient (Wildman–Crippen LogP) is 4.24. The summed E-state index contributed by atoms with van der Waals surface area (Å²) < 4.78 is 12.0. The van der Waals surface area contributed by atoms with E-state index in [0.29, 0.717) is 12.6 Å². The fourth-order valence-electron chi connectivity index (χ4n) is 2.24. The zero-order valence-corrected chi connectivity index (χ0v) is 14.6. The number of hydrogen-bond donors (Lipinski definition) is 0. The van der Waals surface area contributed by atoms with Gasteiger partial charge in [0.2, 0.25) is 0 Å². The van der Waals surface area contributed by atoms with E-state index in [4.69, 9.17) is 9.16 Å². The first kappa shape index (κ1) is 16.4. The van der Waals surface area contributed by atoms with Gasteiger partial charge in [0.25, 0.3) is 14.3 Å². The van der Waals surface area contributed by atoms with Crippen molar-refractivity contribution in [1.82, 2.24) is 0 Å². The molecule has 2 rings (SSSR count). The van der Waals surface area contributed by atoms with Gasteiger partial charge < -0.3 is 9.16 Å². The van der Waals surface area contributed by atoms with Crippen LogP contribution in [0.5, 0.6) is 0 Å². The summed E-state index contributed by atoms with van der Waals surface area (Å²) in [7, 11) is -2.01. The minimum atomic E-state index is -2.01. The summed E-state index contributed by atoms with van der Waals surface area (Å²) in [6.45, 7) is 6.98. The number of hydrogen-bond acceptors (Lipinski definition) is 2. The molecule has 2 aromatic carbocycles. The Bertz CT molecular complexity index is 591. The highest BCUT2D eigenvalue weighted by Crippen LogP contribution is 2.14. The van der Waals surface area contributed by atoms with Crippen molar-refractivity contribution in [3.05, 3.63) is 78.2 Å². The zero-order valence-electron chi connectivity index (χ0n) is 13.6. The van der Waals surface area contributed by atoms with Crippen molar-refractivity contribution >= 4 is 13.5 Å². The highest BCUT2D eigenvalue weighted by Gasteiger charge is 2.28. The lowest BCUT2D eigenvalue weighted by molar-refractivity contribution is 0.112. The summed E-state index contributed by atoms with van der Waals surface area (Å²) >= 11 is 0. The lowest BCUT2D eigenvalue weighted by Crippen LogP contribution is -2.44. The molecule has 0 heterocycles. The maximum absolute atomic E-state index is 6.26. The van der Waals surface area contributed by atoms with Crippen LogP contribution in [0, 0.1) is 0 Å². The Morgan fingerprint density at radius 1 is 0.955 bits per heavy atom. The summed E-state index contributed by atoms with van der Waals surface area (Å²) in [6, 6.07) is 20.8. The van der Waals surface area contributed by atoms with Crippen LogP contribution in [0.2, 0.25) is 13.1 Å². The van der Waals surface area contributed by atoms with E-state index in [1.54, 1.807) is 0 Å². The van der Waals surface area contributed by atoms with Crippen molar-refractivity contribution in [3.63, 3.8) is 0 Å². The SMILES string of the molecule is CCO/C(=C\Cc1ccccc1)O[Si](C)(C)c1ccccc1. The second-order valence-electron chi connectivity index (χ2n) is 5.62. The standard InChI is InChI=1S/C19H24O2Si/c1-4-20-19(16-15-17-11-7-5-8-12-17)21-22(2,3)18-13-9-6-10-14-18/h5-14,16H,4,15H2,1-3H3/b19-16+. The zero-order chi connectivity index (χ0) is 15.8. The molecule has 22 heavy (non-hydrogen) atoms. The molecule has 0 amide bonds. The van der Waals surface area contributed by atoms with E-state index < -0.39 is 8.32 Å². The van der Waals surface area contributed by atoms with Crippen LogP contribution in [-0.4, -0.2) is 14.9 Å². The highest BCUT2D eigenvalue weighted by atomic mass is 28.4. The van der Waals surface area contributed by atoms with Crippen LogP contribution in [0.25, 0.3) is 0 Å². The second-order valence-corrected chi connectivity index (χ2v) is 9.43. The number of benzene rings is 2. The molecule has 0 saturated heterocycles. The minimum Gasteiger partial charge on any atom is -0.515 e. The van der Waals surface area contributed by atoms with Gasteiger partial charge >= 0.3 is 0 Å². The topological polar surface area (TPSA) is 18.5 Å². The van der Waals surface area contributed by atoms with Crippen molar-refractivity contribution in [2.75, 3.05) is 6.61 Å². The average molecular weight is 312 g/mol. The van der Waals surface area contributed by atoms with Gasteiger partial charge in [0.15, 0.2) is 0 Å². The first-order chi connectivity index (χ1) is 10.6. The molecular weight excluding hydrogens is 288 g/mol. The molecule has 2 aromatic rings. The molecule has 0 aliphatic rings. The fraction of sp³-hybridized carbons (Fsp3) is 0.263. The number of allylic oxidation sites excluding steroid dienone is 1. The van der Waals surface area contributed by atoms with E-state index in [-0.39, 0.29) is 0 Å². The lowest BCUT2D eigenvalue weighted by Gasteiger charge is -2.26. The van der Waals surface area contributed by atoms with E-state index in [0.717, 1.165) is 6.42 Å². The van der Waals surface area contributed by atoms with Crippen LogP contribution < -0.4 is 5.19 Å². The third kappa shape index (κ3) is 4.78. The monoisotopic (exact) mass is 312 g/mol. The summed E-state index contributed by atoms with van der Waals surface area (Å²) in [5.41, 5.74) is 1.25. The van der Waals surface area contributed by atoms with Crippen LogP contribution in [0.3, 0.4) is 0 Å². The van der Waals surface area contributed by atoms with Gasteiger partial charge in [-0.3, -0.25) is 0 Å². The molecular formula is C19H24O2Si. The molecule has 0 aliphatic carbocycles. The summed E-state index contributed by atoms with van der Waals surface area (Å²) in [4.78, 5) is 0. The molecule has 0 saturated carbocycles. The molecule has 2 nitrogen and oxygen atoms in total. The largest absolute Gasteiger partial charge is 0.515 e. The van der Waals surface area contributed by atoms with Crippen molar-refractivity contribution < 1.29 is 9.16 Å². The number of rotatable bonds is 7. The van der Waals surface area contributed by atoms with E-state index in [2.05, 4.69) is 49.5 Å². The van der Waals surface area contributed by atoms with Gasteiger partial charge in [-0.2, -0.15) is 0 Å². The smallest absolute Gasteiger partial charge is 0.280 e. The normalized spacial score (nSPS) is 12.0. The fourth-order valence-corrected chi connectivity index (χ4v) is 4.00. The summed E-state index contributed by atoms with van der Waals surface area (Å²) in [6.07, 6.45) is 2.85. The second kappa shape index (κ2) is 7.85. The molecule has 0 aromatic heterocycles. The van der Waals surface area contributed by atoms with Crippen molar-refractivity contribution in [2.45, 2.75) is 26.4 Å².